The van der Waals surface area contributed by atoms with Gasteiger partial charge < -0.3 is 10.2 Å². The summed E-state index contributed by atoms with van der Waals surface area (Å²) in [5.41, 5.74) is 5.24. The summed E-state index contributed by atoms with van der Waals surface area (Å²) in [5, 5.41) is 3.49. The van der Waals surface area contributed by atoms with Gasteiger partial charge in [-0.3, -0.25) is 0 Å². The van der Waals surface area contributed by atoms with Gasteiger partial charge in [-0.15, -0.1) is 0 Å². The van der Waals surface area contributed by atoms with Crippen LogP contribution in [0, 0.1) is 0 Å². The van der Waals surface area contributed by atoms with Gasteiger partial charge >= 0.3 is 0 Å². The highest BCUT2D eigenvalue weighted by molar-refractivity contribution is 5.68. The summed E-state index contributed by atoms with van der Waals surface area (Å²) in [6.07, 6.45) is 0. The molecular weight excluding hydrogens is 220 g/mol. The van der Waals surface area contributed by atoms with Crippen molar-refractivity contribution in [3.8, 4) is 11.1 Å². The fourth-order valence-electron chi connectivity index (χ4n) is 2.46. The van der Waals surface area contributed by atoms with Gasteiger partial charge in [0.2, 0.25) is 0 Å². The number of likely N-dealkylation sites (N-methyl/N-ethyl adjacent to an activating group) is 1. The van der Waals surface area contributed by atoms with Gasteiger partial charge in [-0.1, -0.05) is 36.4 Å². The van der Waals surface area contributed by atoms with E-state index in [1.54, 1.807) is 0 Å². The standard InChI is InChI=1S/C16H18N2/c1-18-10-9-17-16-8-7-14(11-15(16)12-18)13-5-3-2-4-6-13/h2-8,11,17H,9-10,12H2,1H3. The van der Waals surface area contributed by atoms with E-state index >= 15 is 0 Å². The predicted octanol–water partition coefficient (Wildman–Crippen LogP) is 3.21. The van der Waals surface area contributed by atoms with Gasteiger partial charge in [0.15, 0.2) is 0 Å². The van der Waals surface area contributed by atoms with E-state index in [4.69, 9.17) is 0 Å². The van der Waals surface area contributed by atoms with E-state index in [1.165, 1.54) is 22.4 Å². The maximum absolute atomic E-state index is 3.49. The summed E-state index contributed by atoms with van der Waals surface area (Å²) >= 11 is 0. The number of nitrogens with one attached hydrogen (secondary N) is 1. The van der Waals surface area contributed by atoms with Crippen LogP contribution in [0.3, 0.4) is 0 Å². The number of anilines is 1. The average Bonchev–Trinajstić information content (AvgIpc) is 2.59. The van der Waals surface area contributed by atoms with Gasteiger partial charge in [-0.2, -0.15) is 0 Å². The zero-order valence-electron chi connectivity index (χ0n) is 10.7. The van der Waals surface area contributed by atoms with Crippen LogP contribution < -0.4 is 5.32 Å². The van der Waals surface area contributed by atoms with Gasteiger partial charge in [0, 0.05) is 25.3 Å². The molecule has 0 atom stereocenters. The molecule has 1 aliphatic heterocycles. The van der Waals surface area contributed by atoms with Crippen molar-refractivity contribution in [1.29, 1.82) is 0 Å². The summed E-state index contributed by atoms with van der Waals surface area (Å²) in [5.74, 6) is 0. The molecule has 0 amide bonds. The van der Waals surface area contributed by atoms with Crippen molar-refractivity contribution in [2.24, 2.45) is 0 Å². The monoisotopic (exact) mass is 238 g/mol. The molecule has 0 saturated heterocycles. The number of nitrogens with zero attached hydrogens (tertiary/aromatic N) is 1. The first-order chi connectivity index (χ1) is 8.83. The van der Waals surface area contributed by atoms with E-state index in [0.29, 0.717) is 0 Å². The number of hydrogen-bond acceptors (Lipinski definition) is 2. The number of benzene rings is 2. The Bertz CT molecular complexity index is 534. The molecule has 0 unspecified atom stereocenters. The summed E-state index contributed by atoms with van der Waals surface area (Å²) in [6.45, 7) is 3.13. The molecule has 0 spiro atoms. The van der Waals surface area contributed by atoms with E-state index in [-0.39, 0.29) is 0 Å². The van der Waals surface area contributed by atoms with E-state index < -0.39 is 0 Å². The molecule has 0 aromatic heterocycles. The molecule has 92 valence electrons. The lowest BCUT2D eigenvalue weighted by Gasteiger charge is -2.13. The van der Waals surface area contributed by atoms with Gasteiger partial charge in [-0.25, -0.2) is 0 Å². The Hall–Kier alpha value is -1.80. The number of rotatable bonds is 1. The van der Waals surface area contributed by atoms with Crippen molar-refractivity contribution in [2.75, 3.05) is 25.5 Å². The molecule has 2 aromatic carbocycles. The van der Waals surface area contributed by atoms with Crippen LogP contribution in [-0.4, -0.2) is 25.0 Å². The molecule has 0 radical (unpaired) electrons. The SMILES string of the molecule is CN1CCNc2ccc(-c3ccccc3)cc2C1. The lowest BCUT2D eigenvalue weighted by Crippen LogP contribution is -2.20. The van der Waals surface area contributed by atoms with E-state index in [1.807, 2.05) is 0 Å². The number of fused-ring (bicyclic) bond motifs is 1. The minimum Gasteiger partial charge on any atom is -0.383 e. The van der Waals surface area contributed by atoms with Crippen LogP contribution in [-0.2, 0) is 6.54 Å². The first-order valence-corrected chi connectivity index (χ1v) is 6.44. The molecule has 0 bridgehead atoms. The molecule has 3 rings (SSSR count). The van der Waals surface area contributed by atoms with Gasteiger partial charge in [0.05, 0.1) is 0 Å². The van der Waals surface area contributed by atoms with Gasteiger partial charge in [-0.05, 0) is 35.9 Å². The third kappa shape index (κ3) is 2.24. The fourth-order valence-corrected chi connectivity index (χ4v) is 2.46. The second-order valence-electron chi connectivity index (χ2n) is 4.90. The summed E-state index contributed by atoms with van der Waals surface area (Å²) < 4.78 is 0. The molecule has 0 aliphatic carbocycles. The van der Waals surface area contributed by atoms with Crippen LogP contribution in [0.25, 0.3) is 11.1 Å². The van der Waals surface area contributed by atoms with Crippen molar-refractivity contribution in [2.45, 2.75) is 6.54 Å². The Kier molecular flexibility index (Phi) is 3.03. The van der Waals surface area contributed by atoms with Crippen molar-refractivity contribution in [1.82, 2.24) is 4.90 Å². The predicted molar refractivity (Wildman–Crippen MR) is 76.7 cm³/mol. The van der Waals surface area contributed by atoms with Crippen molar-refractivity contribution < 1.29 is 0 Å². The van der Waals surface area contributed by atoms with Gasteiger partial charge in [0.25, 0.3) is 0 Å². The maximum atomic E-state index is 3.49. The molecule has 1 aliphatic rings. The molecule has 0 fully saturated rings. The molecule has 2 aromatic rings. The summed E-state index contributed by atoms with van der Waals surface area (Å²) in [4.78, 5) is 2.35. The lowest BCUT2D eigenvalue weighted by atomic mass is 10.0. The molecular formula is C16H18N2. The zero-order valence-corrected chi connectivity index (χ0v) is 10.7. The normalized spacial score (nSPS) is 15.6. The molecule has 1 N–H and O–H groups in total. The molecule has 2 heteroatoms. The van der Waals surface area contributed by atoms with Crippen molar-refractivity contribution >= 4 is 5.69 Å². The molecule has 1 heterocycles. The minimum atomic E-state index is 1.02. The first-order valence-electron chi connectivity index (χ1n) is 6.44. The van der Waals surface area contributed by atoms with Crippen molar-refractivity contribution in [3.63, 3.8) is 0 Å². The second-order valence-corrected chi connectivity index (χ2v) is 4.90. The largest absolute Gasteiger partial charge is 0.383 e. The van der Waals surface area contributed by atoms with Crippen molar-refractivity contribution in [3.05, 3.63) is 54.1 Å². The average molecular weight is 238 g/mol. The zero-order chi connectivity index (χ0) is 12.4. The topological polar surface area (TPSA) is 15.3 Å². The molecule has 2 nitrogen and oxygen atoms in total. The summed E-state index contributed by atoms with van der Waals surface area (Å²) in [6, 6.07) is 17.3. The van der Waals surface area contributed by atoms with E-state index in [9.17, 15) is 0 Å². The van der Waals surface area contributed by atoms with E-state index in [0.717, 1.165) is 19.6 Å². The quantitative estimate of drug-likeness (QED) is 0.820. The van der Waals surface area contributed by atoms with Crippen LogP contribution >= 0.6 is 0 Å². The van der Waals surface area contributed by atoms with Crippen LogP contribution in [0.2, 0.25) is 0 Å². The third-order valence-electron chi connectivity index (χ3n) is 3.46. The summed E-state index contributed by atoms with van der Waals surface area (Å²) in [7, 11) is 2.17. The second kappa shape index (κ2) is 4.83. The Morgan fingerprint density at radius 3 is 2.67 bits per heavy atom. The highest BCUT2D eigenvalue weighted by Gasteiger charge is 2.11. The Morgan fingerprint density at radius 2 is 1.83 bits per heavy atom. The fraction of sp³-hybridized carbons (Fsp3) is 0.250. The Morgan fingerprint density at radius 1 is 1.00 bits per heavy atom. The molecule has 0 saturated carbocycles. The van der Waals surface area contributed by atoms with Crippen LogP contribution in [0.1, 0.15) is 5.56 Å². The lowest BCUT2D eigenvalue weighted by molar-refractivity contribution is 0.346. The highest BCUT2D eigenvalue weighted by atomic mass is 15.1. The smallest absolute Gasteiger partial charge is 0.0386 e. The Balaban J connectivity index is 2.00. The maximum Gasteiger partial charge on any atom is 0.0386 e. The van der Waals surface area contributed by atoms with Gasteiger partial charge in [0.1, 0.15) is 0 Å². The Labute approximate surface area is 108 Å². The minimum absolute atomic E-state index is 1.02. The third-order valence-corrected chi connectivity index (χ3v) is 3.46. The highest BCUT2D eigenvalue weighted by Crippen LogP contribution is 2.27. The van der Waals surface area contributed by atoms with Crippen LogP contribution in [0.5, 0.6) is 0 Å². The van der Waals surface area contributed by atoms with E-state index in [2.05, 4.69) is 65.8 Å². The number of hydrogen-bond donors (Lipinski definition) is 1. The first kappa shape index (κ1) is 11.3. The van der Waals surface area contributed by atoms with Crippen LogP contribution in [0.15, 0.2) is 48.5 Å². The van der Waals surface area contributed by atoms with Crippen LogP contribution in [0.4, 0.5) is 5.69 Å². The molecule has 18 heavy (non-hydrogen) atoms.